The van der Waals surface area contributed by atoms with Crippen LogP contribution in [0.4, 0.5) is 0 Å². The smallest absolute Gasteiger partial charge is 0.251 e. The van der Waals surface area contributed by atoms with E-state index in [9.17, 15) is 9.59 Å². The number of carbonyl (C=O) groups is 2. The number of benzene rings is 1. The van der Waals surface area contributed by atoms with E-state index in [1.165, 1.54) is 0 Å². The van der Waals surface area contributed by atoms with Gasteiger partial charge in [0, 0.05) is 37.1 Å². The molecule has 3 rings (SSSR count). The Bertz CT molecular complexity index is 685. The third-order valence-corrected chi connectivity index (χ3v) is 3.74. The quantitative estimate of drug-likeness (QED) is 0.920. The lowest BCUT2D eigenvalue weighted by Crippen LogP contribution is -2.40. The van der Waals surface area contributed by atoms with Crippen molar-refractivity contribution in [2.45, 2.75) is 12.5 Å². The molecule has 1 N–H and O–H groups in total. The minimum Gasteiger partial charge on any atom is -0.344 e. The molecule has 1 atom stereocenters. The van der Waals surface area contributed by atoms with Gasteiger partial charge < -0.3 is 10.2 Å². The summed E-state index contributed by atoms with van der Waals surface area (Å²) < 4.78 is 0. The van der Waals surface area contributed by atoms with Gasteiger partial charge in [0.25, 0.3) is 5.91 Å². The van der Waals surface area contributed by atoms with Gasteiger partial charge in [-0.3, -0.25) is 19.6 Å². The maximum absolute atomic E-state index is 12.2. The molecule has 112 valence electrons. The summed E-state index contributed by atoms with van der Waals surface area (Å²) in [6.45, 7) is 0.676. The molecule has 1 aromatic carbocycles. The van der Waals surface area contributed by atoms with Crippen LogP contribution in [0.3, 0.4) is 0 Å². The molecule has 0 aliphatic carbocycles. The highest BCUT2D eigenvalue weighted by molar-refractivity contribution is 5.98. The second kappa shape index (κ2) is 5.93. The van der Waals surface area contributed by atoms with Gasteiger partial charge in [0.1, 0.15) is 6.04 Å². The molecule has 2 aromatic rings. The van der Waals surface area contributed by atoms with E-state index in [-0.39, 0.29) is 11.8 Å². The standard InChI is InChI=1S/C16H16N4O2/c1-20-9-6-13(16(20)22)19-15(21)12-4-2-11(3-5-12)14-10-17-7-8-18-14/h2-5,7-8,10,13H,6,9H2,1H3,(H,19,21). The molecule has 1 unspecified atom stereocenters. The van der Waals surface area contributed by atoms with E-state index in [1.54, 1.807) is 42.7 Å². The first kappa shape index (κ1) is 14.2. The monoisotopic (exact) mass is 296 g/mol. The molecular formula is C16H16N4O2. The first-order valence-corrected chi connectivity index (χ1v) is 7.07. The van der Waals surface area contributed by atoms with E-state index in [2.05, 4.69) is 15.3 Å². The Balaban J connectivity index is 1.70. The molecule has 0 saturated carbocycles. The fraction of sp³-hybridized carbons (Fsp3) is 0.250. The Morgan fingerprint density at radius 2 is 2.05 bits per heavy atom. The number of nitrogens with one attached hydrogen (secondary N) is 1. The zero-order valence-electron chi connectivity index (χ0n) is 12.2. The number of nitrogens with zero attached hydrogens (tertiary/aromatic N) is 3. The Hall–Kier alpha value is -2.76. The first-order valence-electron chi connectivity index (χ1n) is 7.07. The van der Waals surface area contributed by atoms with Crippen LogP contribution < -0.4 is 5.32 Å². The van der Waals surface area contributed by atoms with Crippen LogP contribution in [0, 0.1) is 0 Å². The predicted octanol–water partition coefficient (Wildman–Crippen LogP) is 1.10. The van der Waals surface area contributed by atoms with E-state index in [0.717, 1.165) is 11.3 Å². The number of carbonyl (C=O) groups excluding carboxylic acids is 2. The highest BCUT2D eigenvalue weighted by Crippen LogP contribution is 2.16. The third kappa shape index (κ3) is 2.81. The van der Waals surface area contributed by atoms with Gasteiger partial charge in [-0.1, -0.05) is 12.1 Å². The Morgan fingerprint density at radius 1 is 1.27 bits per heavy atom. The van der Waals surface area contributed by atoms with Crippen molar-refractivity contribution in [2.24, 2.45) is 0 Å². The molecule has 0 spiro atoms. The number of likely N-dealkylation sites (N-methyl/N-ethyl adjacent to an activating group) is 1. The number of rotatable bonds is 3. The summed E-state index contributed by atoms with van der Waals surface area (Å²) >= 11 is 0. The summed E-state index contributed by atoms with van der Waals surface area (Å²) in [5.74, 6) is -0.274. The maximum atomic E-state index is 12.2. The van der Waals surface area contributed by atoms with E-state index in [4.69, 9.17) is 0 Å². The van der Waals surface area contributed by atoms with Crippen molar-refractivity contribution in [3.8, 4) is 11.3 Å². The zero-order valence-corrected chi connectivity index (χ0v) is 12.2. The van der Waals surface area contributed by atoms with Crippen molar-refractivity contribution in [1.82, 2.24) is 20.2 Å². The number of likely N-dealkylation sites (tertiary alicyclic amines) is 1. The summed E-state index contributed by atoms with van der Waals surface area (Å²) in [6, 6.07) is 6.67. The van der Waals surface area contributed by atoms with Gasteiger partial charge in [-0.05, 0) is 18.6 Å². The lowest BCUT2D eigenvalue weighted by molar-refractivity contribution is -0.128. The summed E-state index contributed by atoms with van der Waals surface area (Å²) in [6.07, 6.45) is 5.56. The summed E-state index contributed by atoms with van der Waals surface area (Å²) in [4.78, 5) is 33.9. The Kier molecular flexibility index (Phi) is 3.82. The van der Waals surface area contributed by atoms with Crippen molar-refractivity contribution in [3.05, 3.63) is 48.4 Å². The normalized spacial score (nSPS) is 17.6. The van der Waals surface area contributed by atoms with Gasteiger partial charge in [-0.2, -0.15) is 0 Å². The van der Waals surface area contributed by atoms with Crippen molar-refractivity contribution >= 4 is 11.8 Å². The maximum Gasteiger partial charge on any atom is 0.251 e. The molecule has 1 aliphatic heterocycles. The molecule has 1 fully saturated rings. The molecule has 6 heteroatoms. The van der Waals surface area contributed by atoms with Crippen LogP contribution in [-0.2, 0) is 4.79 Å². The zero-order chi connectivity index (χ0) is 15.5. The molecule has 1 aliphatic rings. The van der Waals surface area contributed by atoms with Crippen LogP contribution in [0.2, 0.25) is 0 Å². The molecule has 0 bridgehead atoms. The van der Waals surface area contributed by atoms with Gasteiger partial charge in [-0.25, -0.2) is 0 Å². The highest BCUT2D eigenvalue weighted by Gasteiger charge is 2.30. The van der Waals surface area contributed by atoms with E-state index in [0.29, 0.717) is 18.5 Å². The van der Waals surface area contributed by atoms with Crippen molar-refractivity contribution in [1.29, 1.82) is 0 Å². The number of hydrogen-bond acceptors (Lipinski definition) is 4. The van der Waals surface area contributed by atoms with Crippen LogP contribution in [0.1, 0.15) is 16.8 Å². The highest BCUT2D eigenvalue weighted by atomic mass is 16.2. The van der Waals surface area contributed by atoms with E-state index >= 15 is 0 Å². The van der Waals surface area contributed by atoms with E-state index < -0.39 is 6.04 Å². The Labute approximate surface area is 128 Å². The molecule has 1 saturated heterocycles. The largest absolute Gasteiger partial charge is 0.344 e. The van der Waals surface area contributed by atoms with Crippen LogP contribution in [0.15, 0.2) is 42.9 Å². The van der Waals surface area contributed by atoms with Crippen molar-refractivity contribution in [2.75, 3.05) is 13.6 Å². The van der Waals surface area contributed by atoms with Gasteiger partial charge in [-0.15, -0.1) is 0 Å². The molecular weight excluding hydrogens is 280 g/mol. The first-order chi connectivity index (χ1) is 10.6. The fourth-order valence-corrected chi connectivity index (χ4v) is 2.44. The van der Waals surface area contributed by atoms with Crippen molar-refractivity contribution in [3.63, 3.8) is 0 Å². The lowest BCUT2D eigenvalue weighted by atomic mass is 10.1. The third-order valence-electron chi connectivity index (χ3n) is 3.74. The van der Waals surface area contributed by atoms with Crippen LogP contribution >= 0.6 is 0 Å². The molecule has 2 amide bonds. The minimum absolute atomic E-state index is 0.0375. The van der Waals surface area contributed by atoms with E-state index in [1.807, 2.05) is 12.1 Å². The number of aromatic nitrogens is 2. The lowest BCUT2D eigenvalue weighted by Gasteiger charge is -2.12. The topological polar surface area (TPSA) is 75.2 Å². The molecule has 6 nitrogen and oxygen atoms in total. The SMILES string of the molecule is CN1CCC(NC(=O)c2ccc(-c3cnccn3)cc2)C1=O. The van der Waals surface area contributed by atoms with Gasteiger partial charge >= 0.3 is 0 Å². The summed E-state index contributed by atoms with van der Waals surface area (Å²) in [7, 11) is 1.74. The predicted molar refractivity (Wildman–Crippen MR) is 81.0 cm³/mol. The van der Waals surface area contributed by atoms with Crippen LogP contribution in [0.5, 0.6) is 0 Å². The molecule has 1 aromatic heterocycles. The molecule has 2 heterocycles. The van der Waals surface area contributed by atoms with Crippen molar-refractivity contribution < 1.29 is 9.59 Å². The second-order valence-corrected chi connectivity index (χ2v) is 5.24. The van der Waals surface area contributed by atoms with Gasteiger partial charge in [0.2, 0.25) is 5.91 Å². The molecule has 22 heavy (non-hydrogen) atoms. The minimum atomic E-state index is -0.419. The Morgan fingerprint density at radius 3 is 2.64 bits per heavy atom. The van der Waals surface area contributed by atoms with Gasteiger partial charge in [0.05, 0.1) is 11.9 Å². The van der Waals surface area contributed by atoms with Crippen LogP contribution in [-0.4, -0.2) is 46.3 Å². The van der Waals surface area contributed by atoms with Gasteiger partial charge in [0.15, 0.2) is 0 Å². The summed E-state index contributed by atoms with van der Waals surface area (Å²) in [5, 5.41) is 2.78. The average Bonchev–Trinajstić information content (AvgIpc) is 2.88. The fourth-order valence-electron chi connectivity index (χ4n) is 2.44. The molecule has 0 radical (unpaired) electrons. The van der Waals surface area contributed by atoms with Crippen LogP contribution in [0.25, 0.3) is 11.3 Å². The average molecular weight is 296 g/mol. The number of hydrogen-bond donors (Lipinski definition) is 1. The number of amides is 2. The summed E-state index contributed by atoms with van der Waals surface area (Å²) in [5.41, 5.74) is 2.17. The second-order valence-electron chi connectivity index (χ2n) is 5.24.